The van der Waals surface area contributed by atoms with Gasteiger partial charge < -0.3 is 14.3 Å². The van der Waals surface area contributed by atoms with Gasteiger partial charge in [0.2, 0.25) is 10.0 Å². The van der Waals surface area contributed by atoms with Crippen LogP contribution in [0.25, 0.3) is 0 Å². The molecule has 2 rings (SSSR count). The van der Waals surface area contributed by atoms with Crippen LogP contribution in [0.2, 0.25) is 0 Å². The molecule has 0 amide bonds. The van der Waals surface area contributed by atoms with Crippen molar-refractivity contribution in [1.29, 1.82) is 0 Å². The first-order chi connectivity index (χ1) is 10.1. The van der Waals surface area contributed by atoms with Crippen LogP contribution in [0.4, 0.5) is 0 Å². The number of benzene rings is 1. The Labute approximate surface area is 123 Å². The van der Waals surface area contributed by atoms with Gasteiger partial charge in [0, 0.05) is 13.0 Å². The van der Waals surface area contributed by atoms with E-state index in [4.69, 9.17) is 14.3 Å². The number of sulfonamides is 1. The van der Waals surface area contributed by atoms with Crippen molar-refractivity contribution in [2.45, 2.75) is 11.3 Å². The number of furan rings is 1. The third-order valence-corrected chi connectivity index (χ3v) is 4.21. The average molecular weight is 311 g/mol. The Hall–Kier alpha value is -1.83. The third kappa shape index (κ3) is 4.59. The van der Waals surface area contributed by atoms with Gasteiger partial charge in [-0.1, -0.05) is 0 Å². The second-order valence-electron chi connectivity index (χ2n) is 4.27. The summed E-state index contributed by atoms with van der Waals surface area (Å²) in [6, 6.07) is 9.58. The lowest BCUT2D eigenvalue weighted by molar-refractivity contribution is 0.201. The summed E-state index contributed by atoms with van der Waals surface area (Å²) in [5, 5.41) is 8.65. The van der Waals surface area contributed by atoms with Crippen molar-refractivity contribution in [3.63, 3.8) is 0 Å². The van der Waals surface area contributed by atoms with E-state index in [-0.39, 0.29) is 24.7 Å². The lowest BCUT2D eigenvalue weighted by atomic mass is 10.3. The molecule has 1 aromatic carbocycles. The van der Waals surface area contributed by atoms with Crippen molar-refractivity contribution >= 4 is 10.0 Å². The first-order valence-electron chi connectivity index (χ1n) is 6.47. The van der Waals surface area contributed by atoms with Crippen LogP contribution in [0.1, 0.15) is 5.76 Å². The van der Waals surface area contributed by atoms with Gasteiger partial charge in [0.15, 0.2) is 0 Å². The van der Waals surface area contributed by atoms with E-state index in [1.54, 1.807) is 30.5 Å². The van der Waals surface area contributed by atoms with Crippen molar-refractivity contribution in [2.75, 3.05) is 19.8 Å². The van der Waals surface area contributed by atoms with Crippen LogP contribution >= 0.6 is 0 Å². The molecule has 114 valence electrons. The number of rotatable bonds is 8. The molecule has 0 aliphatic carbocycles. The predicted octanol–water partition coefficient (Wildman–Crippen LogP) is 1.17. The molecule has 0 atom stereocenters. The van der Waals surface area contributed by atoms with Crippen molar-refractivity contribution in [3.8, 4) is 5.75 Å². The minimum absolute atomic E-state index is 0.0889. The molecular formula is C14H17NO5S. The van der Waals surface area contributed by atoms with Gasteiger partial charge in [-0.25, -0.2) is 13.1 Å². The number of aliphatic hydroxyl groups excluding tert-OH is 1. The Kier molecular flexibility index (Phi) is 5.38. The van der Waals surface area contributed by atoms with Gasteiger partial charge in [0.25, 0.3) is 0 Å². The molecule has 0 radical (unpaired) electrons. The lowest BCUT2D eigenvalue weighted by Crippen LogP contribution is -2.25. The van der Waals surface area contributed by atoms with Crippen molar-refractivity contribution in [1.82, 2.24) is 4.72 Å². The highest BCUT2D eigenvalue weighted by Gasteiger charge is 2.13. The van der Waals surface area contributed by atoms with Gasteiger partial charge in [0.1, 0.15) is 18.1 Å². The minimum atomic E-state index is -3.55. The molecule has 2 aromatic rings. The summed E-state index contributed by atoms with van der Waals surface area (Å²) in [6.07, 6.45) is 2.04. The van der Waals surface area contributed by atoms with Crippen LogP contribution in [-0.4, -0.2) is 33.3 Å². The summed E-state index contributed by atoms with van der Waals surface area (Å²) in [5.74, 6) is 1.24. The molecule has 0 bridgehead atoms. The van der Waals surface area contributed by atoms with Crippen LogP contribution in [0.5, 0.6) is 5.75 Å². The normalized spacial score (nSPS) is 11.5. The molecule has 7 heteroatoms. The van der Waals surface area contributed by atoms with E-state index in [2.05, 4.69) is 4.72 Å². The number of nitrogens with one attached hydrogen (secondary N) is 1. The van der Waals surface area contributed by atoms with E-state index in [0.29, 0.717) is 12.2 Å². The summed E-state index contributed by atoms with van der Waals surface area (Å²) < 4.78 is 36.9. The van der Waals surface area contributed by atoms with Crippen LogP contribution in [0.15, 0.2) is 52.0 Å². The maximum Gasteiger partial charge on any atom is 0.240 e. The maximum absolute atomic E-state index is 12.1. The fourth-order valence-corrected chi connectivity index (χ4v) is 2.76. The van der Waals surface area contributed by atoms with Gasteiger partial charge in [-0.15, -0.1) is 0 Å². The highest BCUT2D eigenvalue weighted by molar-refractivity contribution is 7.89. The molecule has 1 aromatic heterocycles. The maximum atomic E-state index is 12.1. The second-order valence-corrected chi connectivity index (χ2v) is 6.04. The smallest absolute Gasteiger partial charge is 0.240 e. The zero-order chi connectivity index (χ0) is 15.1. The molecule has 6 nitrogen and oxygen atoms in total. The van der Waals surface area contributed by atoms with Crippen LogP contribution in [0.3, 0.4) is 0 Å². The number of ether oxygens (including phenoxy) is 1. The number of aliphatic hydroxyl groups is 1. The summed E-state index contributed by atoms with van der Waals surface area (Å²) in [7, 11) is -3.55. The Morgan fingerprint density at radius 1 is 1.19 bits per heavy atom. The van der Waals surface area contributed by atoms with Gasteiger partial charge in [-0.05, 0) is 36.4 Å². The van der Waals surface area contributed by atoms with E-state index in [1.807, 2.05) is 0 Å². The number of hydrogen-bond donors (Lipinski definition) is 2. The molecule has 0 saturated carbocycles. The SMILES string of the molecule is O=S(=O)(NCCc1ccco1)c1ccc(OCCO)cc1. The molecule has 2 N–H and O–H groups in total. The van der Waals surface area contributed by atoms with Gasteiger partial charge in [-0.2, -0.15) is 0 Å². The summed E-state index contributed by atoms with van der Waals surface area (Å²) in [5.41, 5.74) is 0. The quantitative estimate of drug-likeness (QED) is 0.764. The third-order valence-electron chi connectivity index (χ3n) is 2.74. The van der Waals surface area contributed by atoms with Gasteiger partial charge in [-0.3, -0.25) is 0 Å². The molecule has 0 spiro atoms. The molecule has 0 saturated heterocycles. The topological polar surface area (TPSA) is 88.8 Å². The lowest BCUT2D eigenvalue weighted by Gasteiger charge is -2.08. The average Bonchev–Trinajstić information content (AvgIpc) is 2.98. The zero-order valence-electron chi connectivity index (χ0n) is 11.4. The van der Waals surface area contributed by atoms with E-state index in [1.165, 1.54) is 12.1 Å². The van der Waals surface area contributed by atoms with Crippen molar-refractivity contribution < 1.29 is 22.7 Å². The summed E-state index contributed by atoms with van der Waals surface area (Å²) in [6.45, 7) is 0.348. The Morgan fingerprint density at radius 2 is 1.95 bits per heavy atom. The molecule has 0 unspecified atom stereocenters. The first kappa shape index (κ1) is 15.6. The number of hydrogen-bond acceptors (Lipinski definition) is 5. The zero-order valence-corrected chi connectivity index (χ0v) is 12.2. The summed E-state index contributed by atoms with van der Waals surface area (Å²) in [4.78, 5) is 0.165. The molecule has 1 heterocycles. The Morgan fingerprint density at radius 3 is 2.57 bits per heavy atom. The second kappa shape index (κ2) is 7.26. The first-order valence-corrected chi connectivity index (χ1v) is 7.96. The molecule has 0 aliphatic heterocycles. The highest BCUT2D eigenvalue weighted by Crippen LogP contribution is 2.15. The standard InChI is InChI=1S/C14H17NO5S/c16-9-11-20-13-3-5-14(6-4-13)21(17,18)15-8-7-12-2-1-10-19-12/h1-6,10,15-16H,7-9,11H2. The van der Waals surface area contributed by atoms with E-state index < -0.39 is 10.0 Å². The van der Waals surface area contributed by atoms with E-state index in [0.717, 1.165) is 5.76 Å². The fourth-order valence-electron chi connectivity index (χ4n) is 1.73. The van der Waals surface area contributed by atoms with Gasteiger partial charge >= 0.3 is 0 Å². The monoisotopic (exact) mass is 311 g/mol. The largest absolute Gasteiger partial charge is 0.491 e. The van der Waals surface area contributed by atoms with Crippen molar-refractivity contribution in [3.05, 3.63) is 48.4 Å². The minimum Gasteiger partial charge on any atom is -0.491 e. The Balaban J connectivity index is 1.92. The van der Waals surface area contributed by atoms with Crippen molar-refractivity contribution in [2.24, 2.45) is 0 Å². The molecule has 0 fully saturated rings. The molecule has 0 aliphatic rings. The van der Waals surface area contributed by atoms with Crippen LogP contribution in [-0.2, 0) is 16.4 Å². The van der Waals surface area contributed by atoms with E-state index in [9.17, 15) is 8.42 Å². The van der Waals surface area contributed by atoms with Crippen LogP contribution < -0.4 is 9.46 Å². The Bertz CT molecular complexity index is 635. The van der Waals surface area contributed by atoms with Gasteiger partial charge in [0.05, 0.1) is 17.8 Å². The van der Waals surface area contributed by atoms with E-state index >= 15 is 0 Å². The van der Waals surface area contributed by atoms with Crippen LogP contribution in [0, 0.1) is 0 Å². The predicted molar refractivity (Wildman–Crippen MR) is 76.6 cm³/mol. The fraction of sp³-hybridized carbons (Fsp3) is 0.286. The molecule has 21 heavy (non-hydrogen) atoms. The molecular weight excluding hydrogens is 294 g/mol. The highest BCUT2D eigenvalue weighted by atomic mass is 32.2. The summed E-state index contributed by atoms with van der Waals surface area (Å²) >= 11 is 0.